The van der Waals surface area contributed by atoms with Crippen LogP contribution in [-0.2, 0) is 4.79 Å². The minimum absolute atomic E-state index is 0.0327. The number of nitrogens with one attached hydrogen (secondary N) is 1. The Bertz CT molecular complexity index is 641. The molecule has 1 amide bonds. The predicted molar refractivity (Wildman–Crippen MR) is 80.9 cm³/mol. The highest BCUT2D eigenvalue weighted by atomic mass is 32.1. The Morgan fingerprint density at radius 3 is 3.15 bits per heavy atom. The summed E-state index contributed by atoms with van der Waals surface area (Å²) in [7, 11) is 1.67. The van der Waals surface area contributed by atoms with Crippen LogP contribution in [0.4, 0.5) is 11.8 Å². The Hall–Kier alpha value is -1.89. The molecule has 0 bridgehead atoms. The molecule has 7 heteroatoms. The summed E-state index contributed by atoms with van der Waals surface area (Å²) >= 11 is 1.54. The highest BCUT2D eigenvalue weighted by molar-refractivity contribution is 7.16. The van der Waals surface area contributed by atoms with Gasteiger partial charge in [0.1, 0.15) is 16.7 Å². The first-order chi connectivity index (χ1) is 9.70. The summed E-state index contributed by atoms with van der Waals surface area (Å²) in [6.45, 7) is 0.819. The first-order valence-electron chi connectivity index (χ1n) is 6.69. The van der Waals surface area contributed by atoms with Crippen LogP contribution in [0.3, 0.4) is 0 Å². The Balaban J connectivity index is 2.07. The summed E-state index contributed by atoms with van der Waals surface area (Å²) < 4.78 is 0. The normalized spacial score (nSPS) is 19.2. The van der Waals surface area contributed by atoms with Gasteiger partial charge in [-0.3, -0.25) is 4.79 Å². The fraction of sp³-hybridized carbons (Fsp3) is 0.462. The van der Waals surface area contributed by atoms with Gasteiger partial charge in [-0.05, 0) is 30.7 Å². The van der Waals surface area contributed by atoms with E-state index in [0.717, 1.165) is 41.8 Å². The molecule has 1 saturated heterocycles. The summed E-state index contributed by atoms with van der Waals surface area (Å²) in [6, 6.07) is 1.82. The third kappa shape index (κ3) is 2.18. The van der Waals surface area contributed by atoms with Crippen molar-refractivity contribution in [3.63, 3.8) is 0 Å². The predicted octanol–water partition coefficient (Wildman–Crippen LogP) is 1.38. The number of fused-ring (bicyclic) bond motifs is 1. The Kier molecular flexibility index (Phi) is 3.43. The fourth-order valence-electron chi connectivity index (χ4n) is 2.70. The third-order valence-corrected chi connectivity index (χ3v) is 4.45. The zero-order chi connectivity index (χ0) is 14.1. The highest BCUT2D eigenvalue weighted by Crippen LogP contribution is 2.32. The van der Waals surface area contributed by atoms with E-state index >= 15 is 0 Å². The van der Waals surface area contributed by atoms with Gasteiger partial charge in [-0.2, -0.15) is 4.98 Å². The molecule has 0 aromatic carbocycles. The number of nitrogens with zero attached hydrogens (tertiary/aromatic N) is 3. The van der Waals surface area contributed by atoms with E-state index in [1.807, 2.05) is 11.4 Å². The van der Waals surface area contributed by atoms with Crippen molar-refractivity contribution in [1.82, 2.24) is 15.3 Å². The lowest BCUT2D eigenvalue weighted by Gasteiger charge is -2.35. The molecule has 3 N–H and O–H groups in total. The number of likely N-dealkylation sites (N-methyl/N-ethyl adjacent to an activating group) is 1. The van der Waals surface area contributed by atoms with E-state index in [2.05, 4.69) is 20.2 Å². The van der Waals surface area contributed by atoms with E-state index in [1.54, 1.807) is 7.05 Å². The first kappa shape index (κ1) is 13.1. The van der Waals surface area contributed by atoms with Crippen LogP contribution in [0.5, 0.6) is 0 Å². The Morgan fingerprint density at radius 1 is 1.50 bits per heavy atom. The number of hydrogen-bond donors (Lipinski definition) is 2. The summed E-state index contributed by atoms with van der Waals surface area (Å²) in [4.78, 5) is 23.6. The Morgan fingerprint density at radius 2 is 2.35 bits per heavy atom. The van der Waals surface area contributed by atoms with Gasteiger partial charge in [-0.15, -0.1) is 11.3 Å². The smallest absolute Gasteiger partial charge is 0.242 e. The number of rotatable bonds is 2. The largest absolute Gasteiger partial charge is 0.368 e. The van der Waals surface area contributed by atoms with Crippen molar-refractivity contribution in [2.75, 3.05) is 24.2 Å². The van der Waals surface area contributed by atoms with Gasteiger partial charge < -0.3 is 16.0 Å². The molecule has 1 aliphatic rings. The average molecular weight is 291 g/mol. The zero-order valence-corrected chi connectivity index (χ0v) is 12.1. The van der Waals surface area contributed by atoms with E-state index in [-0.39, 0.29) is 17.9 Å². The van der Waals surface area contributed by atoms with E-state index in [4.69, 9.17) is 5.73 Å². The quantitative estimate of drug-likeness (QED) is 0.873. The van der Waals surface area contributed by atoms with Crippen LogP contribution in [0, 0.1) is 0 Å². The summed E-state index contributed by atoms with van der Waals surface area (Å²) in [5.41, 5.74) is 5.80. The maximum atomic E-state index is 12.1. The van der Waals surface area contributed by atoms with Gasteiger partial charge in [0.05, 0.1) is 5.39 Å². The molecular weight excluding hydrogens is 274 g/mol. The standard InChI is InChI=1S/C13H17N5OS/c1-15-11(19)9-4-2-3-6-18(9)10-8-5-7-20-12(8)17-13(14)16-10/h5,7,9H,2-4,6H2,1H3,(H,15,19)(H2,14,16,17). The summed E-state index contributed by atoms with van der Waals surface area (Å²) in [5, 5.41) is 5.68. The molecule has 0 saturated carbocycles. The molecule has 3 heterocycles. The van der Waals surface area contributed by atoms with Crippen molar-refractivity contribution in [3.05, 3.63) is 11.4 Å². The molecule has 3 rings (SSSR count). The number of carbonyl (C=O) groups excluding carboxylic acids is 1. The second-order valence-electron chi connectivity index (χ2n) is 4.86. The van der Waals surface area contributed by atoms with Gasteiger partial charge >= 0.3 is 0 Å². The number of carbonyl (C=O) groups is 1. The van der Waals surface area contributed by atoms with Crippen LogP contribution < -0.4 is 16.0 Å². The van der Waals surface area contributed by atoms with Crippen molar-refractivity contribution in [3.8, 4) is 0 Å². The van der Waals surface area contributed by atoms with Crippen molar-refractivity contribution in [1.29, 1.82) is 0 Å². The van der Waals surface area contributed by atoms with Gasteiger partial charge in [0.25, 0.3) is 0 Å². The van der Waals surface area contributed by atoms with Gasteiger partial charge in [-0.25, -0.2) is 4.98 Å². The molecule has 1 atom stereocenters. The summed E-state index contributed by atoms with van der Waals surface area (Å²) in [6.07, 6.45) is 2.96. The van der Waals surface area contributed by atoms with Crippen LogP contribution in [0.25, 0.3) is 10.2 Å². The van der Waals surface area contributed by atoms with E-state index < -0.39 is 0 Å². The molecule has 2 aromatic rings. The second-order valence-corrected chi connectivity index (χ2v) is 5.76. The van der Waals surface area contributed by atoms with E-state index in [9.17, 15) is 4.79 Å². The van der Waals surface area contributed by atoms with Gasteiger partial charge in [0, 0.05) is 13.6 Å². The molecule has 1 fully saturated rings. The number of aromatic nitrogens is 2. The number of amides is 1. The third-order valence-electron chi connectivity index (χ3n) is 3.65. The lowest BCUT2D eigenvalue weighted by Crippen LogP contribution is -2.49. The van der Waals surface area contributed by atoms with Gasteiger partial charge in [0.2, 0.25) is 11.9 Å². The number of thiophene rings is 1. The second kappa shape index (κ2) is 5.24. The van der Waals surface area contributed by atoms with Crippen molar-refractivity contribution in [2.45, 2.75) is 25.3 Å². The van der Waals surface area contributed by atoms with E-state index in [1.165, 1.54) is 11.3 Å². The molecule has 6 nitrogen and oxygen atoms in total. The number of nitrogens with two attached hydrogens (primary N) is 1. The van der Waals surface area contributed by atoms with Gasteiger partial charge in [0.15, 0.2) is 0 Å². The fourth-order valence-corrected chi connectivity index (χ4v) is 3.46. The maximum Gasteiger partial charge on any atom is 0.242 e. The molecule has 1 aliphatic heterocycles. The minimum Gasteiger partial charge on any atom is -0.368 e. The van der Waals surface area contributed by atoms with Crippen LogP contribution in [0.1, 0.15) is 19.3 Å². The number of hydrogen-bond acceptors (Lipinski definition) is 6. The maximum absolute atomic E-state index is 12.1. The Labute approximate surface area is 121 Å². The molecule has 0 radical (unpaired) electrons. The molecule has 1 unspecified atom stereocenters. The van der Waals surface area contributed by atoms with Gasteiger partial charge in [-0.1, -0.05) is 0 Å². The monoisotopic (exact) mass is 291 g/mol. The SMILES string of the molecule is CNC(=O)C1CCCCN1c1nc(N)nc2sccc12. The molecule has 0 aliphatic carbocycles. The van der Waals surface area contributed by atoms with E-state index in [0.29, 0.717) is 0 Å². The molecule has 0 spiro atoms. The van der Waals surface area contributed by atoms with Crippen LogP contribution in [0.15, 0.2) is 11.4 Å². The zero-order valence-electron chi connectivity index (χ0n) is 11.3. The van der Waals surface area contributed by atoms with Crippen molar-refractivity contribution in [2.24, 2.45) is 0 Å². The van der Waals surface area contributed by atoms with Crippen LogP contribution >= 0.6 is 11.3 Å². The van der Waals surface area contributed by atoms with Crippen LogP contribution in [0.2, 0.25) is 0 Å². The number of nitrogen functional groups attached to an aromatic ring is 1. The van der Waals surface area contributed by atoms with Crippen LogP contribution in [-0.4, -0.2) is 35.5 Å². The molecule has 2 aromatic heterocycles. The number of anilines is 2. The molecule has 20 heavy (non-hydrogen) atoms. The summed E-state index contributed by atoms with van der Waals surface area (Å²) in [5.74, 6) is 1.07. The average Bonchev–Trinajstić information content (AvgIpc) is 2.93. The minimum atomic E-state index is -0.175. The number of piperidine rings is 1. The molecule has 106 valence electrons. The highest BCUT2D eigenvalue weighted by Gasteiger charge is 2.30. The lowest BCUT2D eigenvalue weighted by molar-refractivity contribution is -0.122. The first-order valence-corrected chi connectivity index (χ1v) is 7.57. The van der Waals surface area contributed by atoms with Crippen molar-refractivity contribution < 1.29 is 4.79 Å². The molecular formula is C13H17N5OS. The lowest BCUT2D eigenvalue weighted by atomic mass is 10.0. The van der Waals surface area contributed by atoms with Crippen molar-refractivity contribution >= 4 is 39.2 Å². The topological polar surface area (TPSA) is 84.1 Å².